The highest BCUT2D eigenvalue weighted by Gasteiger charge is 2.57. The molecule has 0 aliphatic carbocycles. The van der Waals surface area contributed by atoms with E-state index in [1.165, 1.54) is 0 Å². The molecular formula is C10H13F5O3. The first kappa shape index (κ1) is 16.8. The van der Waals surface area contributed by atoms with Crippen molar-refractivity contribution >= 4 is 11.9 Å². The number of unbranched alkanes of at least 4 members (excludes halogenated alkanes) is 1. The number of hydrogen-bond donors (Lipinski definition) is 0. The van der Waals surface area contributed by atoms with Gasteiger partial charge in [0.15, 0.2) is 0 Å². The molecule has 0 fully saturated rings. The highest BCUT2D eigenvalue weighted by Crippen LogP contribution is 2.38. The molecule has 0 saturated carbocycles. The Balaban J connectivity index is 4.08. The molecule has 0 aliphatic rings. The molecule has 0 heterocycles. The minimum Gasteiger partial charge on any atom is -0.393 e. The Kier molecular flexibility index (Phi) is 6.20. The molecule has 0 atom stereocenters. The molecule has 0 radical (unpaired) electrons. The van der Waals surface area contributed by atoms with Crippen molar-refractivity contribution in [1.29, 1.82) is 0 Å². The van der Waals surface area contributed by atoms with Gasteiger partial charge in [0.05, 0.1) is 6.42 Å². The maximum atomic E-state index is 12.4. The lowest BCUT2D eigenvalue weighted by Crippen LogP contribution is -2.36. The highest BCUT2D eigenvalue weighted by atomic mass is 19.4. The molecule has 3 nitrogen and oxygen atoms in total. The van der Waals surface area contributed by atoms with Crippen molar-refractivity contribution in [3.63, 3.8) is 0 Å². The lowest BCUT2D eigenvalue weighted by Gasteiger charge is -2.18. The number of esters is 2. The molecule has 0 unspecified atom stereocenters. The van der Waals surface area contributed by atoms with Crippen molar-refractivity contribution in [2.24, 2.45) is 0 Å². The van der Waals surface area contributed by atoms with Gasteiger partial charge in [0.25, 0.3) is 0 Å². The van der Waals surface area contributed by atoms with E-state index >= 15 is 0 Å². The second kappa shape index (κ2) is 6.65. The average molecular weight is 276 g/mol. The normalized spacial score (nSPS) is 12.3. The Morgan fingerprint density at radius 2 is 1.50 bits per heavy atom. The van der Waals surface area contributed by atoms with Gasteiger partial charge in [-0.2, -0.15) is 22.0 Å². The van der Waals surface area contributed by atoms with Gasteiger partial charge in [-0.1, -0.05) is 13.3 Å². The smallest absolute Gasteiger partial charge is 0.393 e. The van der Waals surface area contributed by atoms with Crippen molar-refractivity contribution in [3.8, 4) is 0 Å². The summed E-state index contributed by atoms with van der Waals surface area (Å²) in [6, 6.07) is 0. The third-order valence-corrected chi connectivity index (χ3v) is 2.02. The lowest BCUT2D eigenvalue weighted by atomic mass is 10.2. The van der Waals surface area contributed by atoms with Gasteiger partial charge in [-0.25, -0.2) is 0 Å². The maximum absolute atomic E-state index is 12.4. The maximum Gasteiger partial charge on any atom is 0.453 e. The minimum absolute atomic E-state index is 0.0715. The van der Waals surface area contributed by atoms with Gasteiger partial charge in [0.2, 0.25) is 0 Å². The van der Waals surface area contributed by atoms with E-state index in [1.54, 1.807) is 6.92 Å². The van der Waals surface area contributed by atoms with E-state index in [1.807, 2.05) is 0 Å². The van der Waals surface area contributed by atoms with Crippen LogP contribution in [0.25, 0.3) is 0 Å². The molecule has 0 N–H and O–H groups in total. The Bertz CT molecular complexity index is 298. The number of halogens is 5. The molecule has 0 spiro atoms. The van der Waals surface area contributed by atoms with Crippen LogP contribution in [0.5, 0.6) is 0 Å². The second-order valence-corrected chi connectivity index (χ2v) is 3.65. The number of carbonyl (C=O) groups is 2. The number of hydrogen-bond acceptors (Lipinski definition) is 3. The standard InChI is InChI=1S/C10H13F5O3/c1-2-3-4-7(16)18-8(17)5-6-9(11,12)10(13,14)15/h2-6H2,1H3. The molecule has 8 heteroatoms. The fourth-order valence-corrected chi connectivity index (χ4v) is 0.951. The van der Waals surface area contributed by atoms with Crippen molar-refractivity contribution in [2.45, 2.75) is 51.1 Å². The van der Waals surface area contributed by atoms with Crippen LogP contribution in [-0.2, 0) is 14.3 Å². The van der Waals surface area contributed by atoms with Gasteiger partial charge in [0.1, 0.15) is 0 Å². The van der Waals surface area contributed by atoms with Crippen LogP contribution < -0.4 is 0 Å². The second-order valence-electron chi connectivity index (χ2n) is 3.65. The summed E-state index contributed by atoms with van der Waals surface area (Å²) in [5.41, 5.74) is 0. The van der Waals surface area contributed by atoms with Crippen LogP contribution in [0.4, 0.5) is 22.0 Å². The van der Waals surface area contributed by atoms with E-state index < -0.39 is 36.9 Å². The zero-order chi connectivity index (χ0) is 14.4. The molecule has 106 valence electrons. The molecule has 18 heavy (non-hydrogen) atoms. The van der Waals surface area contributed by atoms with Crippen LogP contribution >= 0.6 is 0 Å². The highest BCUT2D eigenvalue weighted by molar-refractivity contribution is 5.85. The number of rotatable bonds is 6. The van der Waals surface area contributed by atoms with Crippen LogP contribution in [0, 0.1) is 0 Å². The molecule has 0 bridgehead atoms. The average Bonchev–Trinajstić information content (AvgIpc) is 2.22. The van der Waals surface area contributed by atoms with Gasteiger partial charge in [-0.15, -0.1) is 0 Å². The zero-order valence-electron chi connectivity index (χ0n) is 9.65. The first-order chi connectivity index (χ1) is 8.10. The summed E-state index contributed by atoms with van der Waals surface area (Å²) in [4.78, 5) is 21.7. The Morgan fingerprint density at radius 1 is 1.00 bits per heavy atom. The molecule has 0 rings (SSSR count). The Morgan fingerprint density at radius 3 is 1.94 bits per heavy atom. The Labute approximate surface area is 100 Å². The van der Waals surface area contributed by atoms with Crippen LogP contribution in [0.15, 0.2) is 0 Å². The van der Waals surface area contributed by atoms with E-state index in [9.17, 15) is 31.5 Å². The summed E-state index contributed by atoms with van der Waals surface area (Å²) in [5, 5.41) is 0. The molecule has 0 aromatic rings. The topological polar surface area (TPSA) is 43.4 Å². The number of carbonyl (C=O) groups excluding carboxylic acids is 2. The van der Waals surface area contributed by atoms with Crippen molar-refractivity contribution in [3.05, 3.63) is 0 Å². The van der Waals surface area contributed by atoms with Gasteiger partial charge >= 0.3 is 24.0 Å². The van der Waals surface area contributed by atoms with Crippen LogP contribution in [0.1, 0.15) is 39.0 Å². The fourth-order valence-electron chi connectivity index (χ4n) is 0.951. The molecule has 0 aromatic heterocycles. The SMILES string of the molecule is CCCCC(=O)OC(=O)CCC(F)(F)C(F)(F)F. The third kappa shape index (κ3) is 5.92. The predicted octanol–water partition coefficient (Wildman–Crippen LogP) is 3.22. The fraction of sp³-hybridized carbons (Fsp3) is 0.800. The summed E-state index contributed by atoms with van der Waals surface area (Å²) < 4.78 is 64.1. The van der Waals surface area contributed by atoms with Crippen LogP contribution in [0.3, 0.4) is 0 Å². The predicted molar refractivity (Wildman–Crippen MR) is 50.9 cm³/mol. The van der Waals surface area contributed by atoms with Gasteiger partial charge in [-0.05, 0) is 6.42 Å². The van der Waals surface area contributed by atoms with Crippen molar-refractivity contribution in [2.75, 3.05) is 0 Å². The van der Waals surface area contributed by atoms with Gasteiger partial charge < -0.3 is 4.74 Å². The number of alkyl halides is 5. The van der Waals surface area contributed by atoms with E-state index in [-0.39, 0.29) is 6.42 Å². The van der Waals surface area contributed by atoms with E-state index in [2.05, 4.69) is 4.74 Å². The summed E-state index contributed by atoms with van der Waals surface area (Å²) in [7, 11) is 0. The monoisotopic (exact) mass is 276 g/mol. The van der Waals surface area contributed by atoms with Gasteiger partial charge in [-0.3, -0.25) is 9.59 Å². The van der Waals surface area contributed by atoms with E-state index in [0.717, 1.165) is 0 Å². The largest absolute Gasteiger partial charge is 0.453 e. The quantitative estimate of drug-likeness (QED) is 0.425. The molecule has 0 aromatic carbocycles. The van der Waals surface area contributed by atoms with E-state index in [0.29, 0.717) is 12.8 Å². The summed E-state index contributed by atoms with van der Waals surface area (Å²) >= 11 is 0. The lowest BCUT2D eigenvalue weighted by molar-refractivity contribution is -0.284. The molecular weight excluding hydrogens is 263 g/mol. The summed E-state index contributed by atoms with van der Waals surface area (Å²) in [6.45, 7) is 1.78. The molecule has 0 aliphatic heterocycles. The molecule has 0 saturated heterocycles. The van der Waals surface area contributed by atoms with Crippen LogP contribution in [-0.4, -0.2) is 24.0 Å². The van der Waals surface area contributed by atoms with E-state index in [4.69, 9.17) is 0 Å². The third-order valence-electron chi connectivity index (χ3n) is 2.02. The molecule has 0 amide bonds. The first-order valence-corrected chi connectivity index (χ1v) is 5.28. The first-order valence-electron chi connectivity index (χ1n) is 5.28. The Hall–Kier alpha value is -1.21. The number of ether oxygens (including phenoxy) is 1. The van der Waals surface area contributed by atoms with Crippen molar-refractivity contribution < 1.29 is 36.3 Å². The minimum atomic E-state index is -5.71. The summed E-state index contributed by atoms with van der Waals surface area (Å²) in [5.74, 6) is -7.25. The van der Waals surface area contributed by atoms with Crippen LogP contribution in [0.2, 0.25) is 0 Å². The van der Waals surface area contributed by atoms with Crippen molar-refractivity contribution in [1.82, 2.24) is 0 Å². The van der Waals surface area contributed by atoms with Gasteiger partial charge in [0, 0.05) is 12.8 Å². The summed E-state index contributed by atoms with van der Waals surface area (Å²) in [6.07, 6.45) is -7.56. The zero-order valence-corrected chi connectivity index (χ0v) is 9.65.